The number of nitrogens with one attached hydrogen (secondary N) is 2. The molecule has 1 aliphatic rings. The van der Waals surface area contributed by atoms with Gasteiger partial charge in [-0.2, -0.15) is 0 Å². The molecule has 6 nitrogen and oxygen atoms in total. The van der Waals surface area contributed by atoms with Gasteiger partial charge < -0.3 is 20.3 Å². The third-order valence-electron chi connectivity index (χ3n) is 4.11. The van der Waals surface area contributed by atoms with Crippen molar-refractivity contribution in [2.45, 2.75) is 32.2 Å². The average molecular weight is 313 g/mol. The predicted octanol–water partition coefficient (Wildman–Crippen LogP) is 0.604. The summed E-state index contributed by atoms with van der Waals surface area (Å²) in [5.41, 5.74) is 0. The number of nitrogens with zero attached hydrogens (tertiary/aromatic N) is 3. The van der Waals surface area contributed by atoms with Gasteiger partial charge in [-0.05, 0) is 26.9 Å². The molecule has 1 saturated heterocycles. The minimum atomic E-state index is 0.537. The molecule has 2 N–H and O–H groups in total. The van der Waals surface area contributed by atoms with E-state index in [1.807, 2.05) is 7.05 Å². The summed E-state index contributed by atoms with van der Waals surface area (Å²) in [6.07, 6.45) is 3.36. The molecule has 1 unspecified atom stereocenters. The molecule has 1 aliphatic heterocycles. The number of guanidine groups is 1. The van der Waals surface area contributed by atoms with Crippen LogP contribution in [0.1, 0.15) is 26.2 Å². The van der Waals surface area contributed by atoms with Crippen LogP contribution >= 0.6 is 0 Å². The van der Waals surface area contributed by atoms with Crippen LogP contribution in [0.2, 0.25) is 0 Å². The second kappa shape index (κ2) is 11.7. The van der Waals surface area contributed by atoms with Crippen LogP contribution in [0.15, 0.2) is 4.99 Å². The maximum Gasteiger partial charge on any atom is 0.191 e. The molecular formula is C16H35N5O. The Morgan fingerprint density at radius 3 is 2.68 bits per heavy atom. The quantitative estimate of drug-likeness (QED) is 0.371. The molecule has 0 aromatic carbocycles. The molecule has 22 heavy (non-hydrogen) atoms. The molecule has 0 radical (unpaired) electrons. The van der Waals surface area contributed by atoms with Crippen molar-refractivity contribution in [1.29, 1.82) is 0 Å². The minimum absolute atomic E-state index is 0.537. The lowest BCUT2D eigenvalue weighted by Gasteiger charge is -2.37. The van der Waals surface area contributed by atoms with E-state index in [4.69, 9.17) is 4.74 Å². The second-order valence-electron chi connectivity index (χ2n) is 6.10. The van der Waals surface area contributed by atoms with Crippen molar-refractivity contribution in [3.63, 3.8) is 0 Å². The molecule has 0 amide bonds. The van der Waals surface area contributed by atoms with E-state index in [9.17, 15) is 0 Å². The first-order chi connectivity index (χ1) is 10.7. The van der Waals surface area contributed by atoms with Gasteiger partial charge in [-0.3, -0.25) is 9.89 Å². The Morgan fingerprint density at radius 1 is 1.18 bits per heavy atom. The molecule has 0 saturated carbocycles. The average Bonchev–Trinajstić information content (AvgIpc) is 2.52. The van der Waals surface area contributed by atoms with Gasteiger partial charge in [-0.15, -0.1) is 0 Å². The minimum Gasteiger partial charge on any atom is -0.381 e. The fourth-order valence-corrected chi connectivity index (χ4v) is 2.49. The fourth-order valence-electron chi connectivity index (χ4n) is 2.49. The Hall–Kier alpha value is -0.850. The molecule has 1 fully saturated rings. The number of hydrogen-bond acceptors (Lipinski definition) is 4. The fraction of sp³-hybridized carbons (Fsp3) is 0.938. The zero-order chi connectivity index (χ0) is 16.2. The van der Waals surface area contributed by atoms with Gasteiger partial charge in [0.2, 0.25) is 0 Å². The Kier molecular flexibility index (Phi) is 10.2. The number of likely N-dealkylation sites (N-methyl/N-ethyl adjacent to an activating group) is 2. The monoisotopic (exact) mass is 313 g/mol. The normalized spacial score (nSPS) is 21.1. The molecule has 1 heterocycles. The van der Waals surface area contributed by atoms with Gasteiger partial charge in [0, 0.05) is 59.0 Å². The van der Waals surface area contributed by atoms with Crippen molar-refractivity contribution in [3.8, 4) is 0 Å². The van der Waals surface area contributed by atoms with Gasteiger partial charge in [0.25, 0.3) is 0 Å². The standard InChI is InChI=1S/C16H35N5O/c1-5-6-11-22-12-7-8-18-16(17-2)19-13-15-14-20(3)9-10-21(15)4/h15H,5-14H2,1-4H3,(H2,17,18,19). The number of ether oxygens (including phenoxy) is 1. The molecule has 0 spiro atoms. The molecular weight excluding hydrogens is 278 g/mol. The first-order valence-corrected chi connectivity index (χ1v) is 8.58. The van der Waals surface area contributed by atoms with Crippen LogP contribution < -0.4 is 10.6 Å². The SMILES string of the molecule is CCCCOCCCNC(=NC)NCC1CN(C)CCN1C. The smallest absolute Gasteiger partial charge is 0.191 e. The van der Waals surface area contributed by atoms with Gasteiger partial charge in [0.05, 0.1) is 0 Å². The van der Waals surface area contributed by atoms with Crippen molar-refractivity contribution in [2.75, 3.05) is 67.1 Å². The summed E-state index contributed by atoms with van der Waals surface area (Å²) in [4.78, 5) is 9.09. The highest BCUT2D eigenvalue weighted by Crippen LogP contribution is 2.04. The number of unbranched alkanes of at least 4 members (excludes halogenated alkanes) is 1. The summed E-state index contributed by atoms with van der Waals surface area (Å²) in [5, 5.41) is 6.78. The lowest BCUT2D eigenvalue weighted by atomic mass is 10.2. The van der Waals surface area contributed by atoms with Crippen molar-refractivity contribution < 1.29 is 4.74 Å². The Morgan fingerprint density at radius 2 is 1.95 bits per heavy atom. The molecule has 0 aromatic rings. The van der Waals surface area contributed by atoms with E-state index in [1.54, 1.807) is 0 Å². The Labute approximate surface area is 136 Å². The summed E-state index contributed by atoms with van der Waals surface area (Å²) >= 11 is 0. The van der Waals surface area contributed by atoms with Crippen molar-refractivity contribution in [3.05, 3.63) is 0 Å². The Balaban J connectivity index is 2.11. The topological polar surface area (TPSA) is 52.1 Å². The summed E-state index contributed by atoms with van der Waals surface area (Å²) in [5.74, 6) is 0.884. The summed E-state index contributed by atoms with van der Waals surface area (Å²) in [6.45, 7) is 9.08. The molecule has 130 valence electrons. The van der Waals surface area contributed by atoms with Crippen molar-refractivity contribution in [1.82, 2.24) is 20.4 Å². The van der Waals surface area contributed by atoms with E-state index in [0.717, 1.165) is 64.7 Å². The van der Waals surface area contributed by atoms with E-state index < -0.39 is 0 Å². The zero-order valence-corrected chi connectivity index (χ0v) is 14.9. The van der Waals surface area contributed by atoms with E-state index in [0.29, 0.717) is 6.04 Å². The lowest BCUT2D eigenvalue weighted by molar-refractivity contribution is 0.116. The van der Waals surface area contributed by atoms with Crippen LogP contribution in [0.5, 0.6) is 0 Å². The Bertz CT molecular complexity index is 311. The molecule has 6 heteroatoms. The van der Waals surface area contributed by atoms with Crippen LogP contribution in [0, 0.1) is 0 Å². The lowest BCUT2D eigenvalue weighted by Crippen LogP contribution is -2.55. The van der Waals surface area contributed by atoms with Crippen LogP contribution in [-0.4, -0.2) is 88.9 Å². The van der Waals surface area contributed by atoms with Gasteiger partial charge in [-0.1, -0.05) is 13.3 Å². The highest BCUT2D eigenvalue weighted by Gasteiger charge is 2.21. The highest BCUT2D eigenvalue weighted by atomic mass is 16.5. The van der Waals surface area contributed by atoms with Crippen LogP contribution in [0.25, 0.3) is 0 Å². The number of hydrogen-bond donors (Lipinski definition) is 2. The third kappa shape index (κ3) is 7.96. The van der Waals surface area contributed by atoms with E-state index in [1.165, 1.54) is 6.42 Å². The molecule has 1 atom stereocenters. The van der Waals surface area contributed by atoms with E-state index in [-0.39, 0.29) is 0 Å². The molecule has 0 aliphatic carbocycles. The summed E-state index contributed by atoms with van der Waals surface area (Å²) in [6, 6.07) is 0.537. The third-order valence-corrected chi connectivity index (χ3v) is 4.11. The van der Waals surface area contributed by atoms with Gasteiger partial charge in [0.1, 0.15) is 0 Å². The highest BCUT2D eigenvalue weighted by molar-refractivity contribution is 5.79. The molecule has 0 bridgehead atoms. The number of aliphatic imine (C=N–C) groups is 1. The van der Waals surface area contributed by atoms with E-state index >= 15 is 0 Å². The number of rotatable bonds is 9. The molecule has 1 rings (SSSR count). The van der Waals surface area contributed by atoms with Crippen LogP contribution in [-0.2, 0) is 4.74 Å². The van der Waals surface area contributed by atoms with Gasteiger partial charge in [-0.25, -0.2) is 0 Å². The van der Waals surface area contributed by atoms with Crippen molar-refractivity contribution in [2.24, 2.45) is 4.99 Å². The van der Waals surface area contributed by atoms with Gasteiger partial charge in [0.15, 0.2) is 5.96 Å². The first-order valence-electron chi connectivity index (χ1n) is 8.58. The van der Waals surface area contributed by atoms with E-state index in [2.05, 4.69) is 46.4 Å². The maximum atomic E-state index is 5.56. The molecule has 0 aromatic heterocycles. The van der Waals surface area contributed by atoms with Crippen molar-refractivity contribution >= 4 is 5.96 Å². The number of piperazine rings is 1. The summed E-state index contributed by atoms with van der Waals surface area (Å²) in [7, 11) is 6.21. The second-order valence-corrected chi connectivity index (χ2v) is 6.10. The first kappa shape index (κ1) is 19.2. The van der Waals surface area contributed by atoms with Gasteiger partial charge >= 0.3 is 0 Å². The predicted molar refractivity (Wildman–Crippen MR) is 93.6 cm³/mol. The zero-order valence-electron chi connectivity index (χ0n) is 14.9. The van der Waals surface area contributed by atoms with Crippen LogP contribution in [0.3, 0.4) is 0 Å². The maximum absolute atomic E-state index is 5.56. The summed E-state index contributed by atoms with van der Waals surface area (Å²) < 4.78 is 5.56. The van der Waals surface area contributed by atoms with Crippen LogP contribution in [0.4, 0.5) is 0 Å². The largest absolute Gasteiger partial charge is 0.381 e.